The maximum Gasteiger partial charge on any atom is 0.509 e. The van der Waals surface area contributed by atoms with Gasteiger partial charge in [-0.05, 0) is 37.0 Å². The van der Waals surface area contributed by atoms with E-state index in [4.69, 9.17) is 23.4 Å². The monoisotopic (exact) mass is 608 g/mol. The number of hydrogen-bond acceptors (Lipinski definition) is 8. The number of hydrogen-bond donors (Lipinski definition) is 1. The first-order chi connectivity index (χ1) is 19.4. The first kappa shape index (κ1) is 36.4. The van der Waals surface area contributed by atoms with Crippen LogP contribution in [0.5, 0.6) is 0 Å². The lowest BCUT2D eigenvalue weighted by molar-refractivity contribution is -0.142. The molecule has 240 valence electrons. The van der Waals surface area contributed by atoms with Gasteiger partial charge in [0.15, 0.2) is 13.9 Å². The summed E-state index contributed by atoms with van der Waals surface area (Å²) in [6.45, 7) is 23.2. The zero-order valence-corrected chi connectivity index (χ0v) is 28.8. The van der Waals surface area contributed by atoms with E-state index in [0.29, 0.717) is 26.1 Å². The Morgan fingerprint density at radius 2 is 1.74 bits per heavy atom. The van der Waals surface area contributed by atoms with E-state index in [-0.39, 0.29) is 35.6 Å². The SMILES string of the molecule is CC[C@@H](OCOCc1ccccc1)[C@@H](C)[C@H](O)[C@@H](C)C(=O)[C@H](C)C[C@@]1(C)OC(=O)O[C@@H]1[C@@H](C)CO[Si](C)(C)C(C)(C)C. The van der Waals surface area contributed by atoms with E-state index >= 15 is 0 Å². The van der Waals surface area contributed by atoms with E-state index in [9.17, 15) is 14.7 Å². The molecule has 1 aliphatic rings. The number of benzene rings is 1. The van der Waals surface area contributed by atoms with Gasteiger partial charge in [0, 0.05) is 36.7 Å². The number of ether oxygens (including phenoxy) is 4. The lowest BCUT2D eigenvalue weighted by atomic mass is 9.77. The lowest BCUT2D eigenvalue weighted by Gasteiger charge is -2.39. The number of ketones is 1. The fourth-order valence-corrected chi connectivity index (χ4v) is 6.64. The van der Waals surface area contributed by atoms with Crippen molar-refractivity contribution >= 4 is 20.3 Å². The van der Waals surface area contributed by atoms with Gasteiger partial charge in [0.2, 0.25) is 0 Å². The zero-order chi connectivity index (χ0) is 31.9. The summed E-state index contributed by atoms with van der Waals surface area (Å²) >= 11 is 0. The van der Waals surface area contributed by atoms with Gasteiger partial charge in [-0.1, -0.05) is 85.7 Å². The number of aliphatic hydroxyl groups is 1. The molecule has 0 amide bonds. The molecule has 9 heteroatoms. The largest absolute Gasteiger partial charge is 0.509 e. The average Bonchev–Trinajstić information content (AvgIpc) is 3.23. The van der Waals surface area contributed by atoms with E-state index in [1.165, 1.54) is 0 Å². The van der Waals surface area contributed by atoms with Crippen molar-refractivity contribution in [3.05, 3.63) is 35.9 Å². The molecule has 1 fully saturated rings. The molecular formula is C33H56O8Si. The van der Waals surface area contributed by atoms with Crippen LogP contribution < -0.4 is 0 Å². The van der Waals surface area contributed by atoms with Gasteiger partial charge in [0.05, 0.1) is 18.8 Å². The highest BCUT2D eigenvalue weighted by atomic mass is 28.4. The Bertz CT molecular complexity index is 994. The molecule has 1 aromatic carbocycles. The predicted octanol–water partition coefficient (Wildman–Crippen LogP) is 7.14. The van der Waals surface area contributed by atoms with Gasteiger partial charge in [0.1, 0.15) is 18.7 Å². The van der Waals surface area contributed by atoms with Crippen molar-refractivity contribution in [2.24, 2.45) is 23.7 Å². The van der Waals surface area contributed by atoms with Gasteiger partial charge in [-0.2, -0.15) is 0 Å². The molecule has 8 nitrogen and oxygen atoms in total. The molecule has 0 saturated carbocycles. The topological polar surface area (TPSA) is 101 Å². The highest BCUT2D eigenvalue weighted by Crippen LogP contribution is 2.40. The Morgan fingerprint density at radius 3 is 2.31 bits per heavy atom. The lowest BCUT2D eigenvalue weighted by Crippen LogP contribution is -2.48. The van der Waals surface area contributed by atoms with Crippen LogP contribution >= 0.6 is 0 Å². The second-order valence-corrected chi connectivity index (χ2v) is 18.8. The van der Waals surface area contributed by atoms with Gasteiger partial charge in [-0.3, -0.25) is 4.79 Å². The molecule has 1 aliphatic heterocycles. The van der Waals surface area contributed by atoms with Gasteiger partial charge >= 0.3 is 6.16 Å². The summed E-state index contributed by atoms with van der Waals surface area (Å²) < 4.78 is 29.3. The Kier molecular flexibility index (Phi) is 13.2. The van der Waals surface area contributed by atoms with Crippen LogP contribution in [0.3, 0.4) is 0 Å². The van der Waals surface area contributed by atoms with E-state index < -0.39 is 44.1 Å². The third-order valence-corrected chi connectivity index (χ3v) is 13.8. The summed E-state index contributed by atoms with van der Waals surface area (Å²) in [5.74, 6) is -1.58. The number of cyclic esters (lactones) is 2. The number of Topliss-reactive ketones (excluding diaryl/α,β-unsaturated/α-hetero) is 1. The number of aliphatic hydroxyl groups excluding tert-OH is 1. The Balaban J connectivity index is 1.97. The molecule has 0 bridgehead atoms. The molecular weight excluding hydrogens is 552 g/mol. The average molecular weight is 609 g/mol. The van der Waals surface area contributed by atoms with Crippen LogP contribution in [-0.4, -0.2) is 62.7 Å². The van der Waals surface area contributed by atoms with Crippen LogP contribution in [0.2, 0.25) is 18.1 Å². The maximum atomic E-state index is 13.5. The molecule has 2 rings (SSSR count). The highest BCUT2D eigenvalue weighted by molar-refractivity contribution is 6.74. The van der Waals surface area contributed by atoms with Crippen LogP contribution in [0.15, 0.2) is 30.3 Å². The normalized spacial score (nSPS) is 23.8. The van der Waals surface area contributed by atoms with Crippen molar-refractivity contribution in [2.75, 3.05) is 13.4 Å². The third kappa shape index (κ3) is 9.61. The molecule has 0 radical (unpaired) electrons. The molecule has 42 heavy (non-hydrogen) atoms. The summed E-state index contributed by atoms with van der Waals surface area (Å²) in [5.41, 5.74) is 0.0753. The van der Waals surface area contributed by atoms with Crippen molar-refractivity contribution < 1.29 is 38.1 Å². The van der Waals surface area contributed by atoms with Crippen molar-refractivity contribution in [1.82, 2.24) is 0 Å². The van der Waals surface area contributed by atoms with Crippen LogP contribution in [0.1, 0.15) is 80.7 Å². The highest BCUT2D eigenvalue weighted by Gasteiger charge is 2.52. The van der Waals surface area contributed by atoms with Crippen LogP contribution in [0.25, 0.3) is 0 Å². The molecule has 0 spiro atoms. The van der Waals surface area contributed by atoms with Crippen molar-refractivity contribution in [1.29, 1.82) is 0 Å². The van der Waals surface area contributed by atoms with E-state index in [2.05, 4.69) is 33.9 Å². The Labute approximate surface area is 254 Å². The number of carbonyl (C=O) groups is 2. The second kappa shape index (κ2) is 15.3. The quantitative estimate of drug-likeness (QED) is 0.0862. The number of carbonyl (C=O) groups excluding carboxylic acids is 2. The molecule has 8 atom stereocenters. The van der Waals surface area contributed by atoms with Crippen LogP contribution in [0, 0.1) is 23.7 Å². The van der Waals surface area contributed by atoms with Gasteiger partial charge < -0.3 is 28.5 Å². The zero-order valence-electron chi connectivity index (χ0n) is 27.8. The molecule has 0 aliphatic carbocycles. The summed E-state index contributed by atoms with van der Waals surface area (Å²) in [5, 5.41) is 11.3. The van der Waals surface area contributed by atoms with E-state index in [1.54, 1.807) is 6.92 Å². The predicted molar refractivity (Wildman–Crippen MR) is 166 cm³/mol. The van der Waals surface area contributed by atoms with Crippen molar-refractivity contribution in [3.63, 3.8) is 0 Å². The van der Waals surface area contributed by atoms with Crippen molar-refractivity contribution in [2.45, 2.75) is 124 Å². The first-order valence-corrected chi connectivity index (χ1v) is 18.3. The van der Waals surface area contributed by atoms with Crippen LogP contribution in [-0.2, 0) is 34.8 Å². The Morgan fingerprint density at radius 1 is 1.12 bits per heavy atom. The first-order valence-electron chi connectivity index (χ1n) is 15.4. The minimum absolute atomic E-state index is 0.0604. The third-order valence-electron chi connectivity index (χ3n) is 9.33. The minimum Gasteiger partial charge on any atom is -0.426 e. The summed E-state index contributed by atoms with van der Waals surface area (Å²) in [7, 11) is -1.99. The second-order valence-electron chi connectivity index (χ2n) is 14.0. The minimum atomic E-state index is -1.99. The molecule has 1 saturated heterocycles. The van der Waals surface area contributed by atoms with Gasteiger partial charge in [0.25, 0.3) is 0 Å². The summed E-state index contributed by atoms with van der Waals surface area (Å²) in [4.78, 5) is 25.8. The fourth-order valence-electron chi connectivity index (χ4n) is 5.53. The van der Waals surface area contributed by atoms with Gasteiger partial charge in [-0.25, -0.2) is 4.79 Å². The summed E-state index contributed by atoms with van der Waals surface area (Å²) in [6, 6.07) is 9.86. The number of rotatable bonds is 17. The van der Waals surface area contributed by atoms with Gasteiger partial charge in [-0.15, -0.1) is 0 Å². The standard InChI is InChI=1S/C33H56O8Si/c1-12-27(38-21-37-20-26-16-14-13-15-17-26)24(4)29(35)25(5)28(34)22(2)18-33(9)30(40-31(36)41-33)23(3)19-39-42(10,11)32(6,7)8/h13-17,22-25,27,29-30,35H,12,18-21H2,1-11H3/t22-,23+,24-,25+,27-,29+,30-,33-/m1/s1. The molecule has 0 unspecified atom stereocenters. The van der Waals surface area contributed by atoms with E-state index in [0.717, 1.165) is 5.56 Å². The molecule has 1 N–H and O–H groups in total. The molecule has 1 aromatic rings. The Hall–Kier alpha value is -1.78. The summed E-state index contributed by atoms with van der Waals surface area (Å²) in [6.07, 6.45) is -1.47. The van der Waals surface area contributed by atoms with E-state index in [1.807, 2.05) is 65.0 Å². The van der Waals surface area contributed by atoms with Crippen LogP contribution in [0.4, 0.5) is 4.79 Å². The smallest absolute Gasteiger partial charge is 0.426 e. The molecule has 1 heterocycles. The van der Waals surface area contributed by atoms with Crippen molar-refractivity contribution in [3.8, 4) is 0 Å². The fraction of sp³-hybridized carbons (Fsp3) is 0.758. The molecule has 0 aromatic heterocycles. The maximum absolute atomic E-state index is 13.5.